The molecule has 2 aromatic carbocycles. The minimum absolute atomic E-state index is 0.0603. The molecule has 0 saturated heterocycles. The lowest BCUT2D eigenvalue weighted by molar-refractivity contribution is -0.197. The Kier molecular flexibility index (Phi) is 7.01. The predicted octanol–water partition coefficient (Wildman–Crippen LogP) is 4.16. The van der Waals surface area contributed by atoms with Crippen molar-refractivity contribution in [3.8, 4) is 5.75 Å². The van der Waals surface area contributed by atoms with Crippen molar-refractivity contribution >= 4 is 32.8 Å². The van der Waals surface area contributed by atoms with E-state index in [4.69, 9.17) is 9.29 Å². The maximum Gasteiger partial charge on any atom is 0.426 e. The number of benzene rings is 2. The van der Waals surface area contributed by atoms with Gasteiger partial charge >= 0.3 is 18.1 Å². The summed E-state index contributed by atoms with van der Waals surface area (Å²) in [6, 6.07) is 8.68. The monoisotopic (exact) mass is 462 g/mol. The number of halogens is 3. The molecule has 1 atom stereocenters. The molecule has 0 aliphatic heterocycles. The van der Waals surface area contributed by atoms with Gasteiger partial charge in [0.15, 0.2) is 0 Å². The van der Waals surface area contributed by atoms with Gasteiger partial charge in [-0.25, -0.2) is 4.79 Å². The second-order valence-electron chi connectivity index (χ2n) is 7.51. The zero-order valence-corrected chi connectivity index (χ0v) is 17.7. The van der Waals surface area contributed by atoms with Gasteiger partial charge in [0.1, 0.15) is 11.5 Å². The lowest BCUT2D eigenvalue weighted by Gasteiger charge is -2.22. The highest BCUT2D eigenvalue weighted by molar-refractivity contribution is 7.85. The summed E-state index contributed by atoms with van der Waals surface area (Å²) in [7, 11) is -5.08. The minimum Gasteiger partial charge on any atom is -0.448 e. The van der Waals surface area contributed by atoms with Crippen LogP contribution in [-0.2, 0) is 19.6 Å². The zero-order chi connectivity index (χ0) is 23.6. The van der Waals surface area contributed by atoms with Crippen molar-refractivity contribution in [2.75, 3.05) is 5.75 Å². The molecule has 0 radical (unpaired) electrons. The number of fused-ring (bicyclic) bond motifs is 1. The highest BCUT2D eigenvalue weighted by Crippen LogP contribution is 2.32. The van der Waals surface area contributed by atoms with E-state index in [0.29, 0.717) is 17.2 Å². The van der Waals surface area contributed by atoms with E-state index in [9.17, 15) is 31.2 Å². The number of hydrogen-bond donors (Lipinski definition) is 1. The first-order valence-electron chi connectivity index (χ1n) is 9.12. The molecule has 11 heteroatoms. The zero-order valence-electron chi connectivity index (χ0n) is 16.9. The van der Waals surface area contributed by atoms with Gasteiger partial charge in [0.05, 0.1) is 11.0 Å². The maximum atomic E-state index is 13.1. The van der Waals surface area contributed by atoms with E-state index in [0.717, 1.165) is 6.07 Å². The van der Waals surface area contributed by atoms with Crippen molar-refractivity contribution in [3.63, 3.8) is 0 Å². The topological polar surface area (TPSA) is 107 Å². The molecule has 0 fully saturated rings. The first-order chi connectivity index (χ1) is 14.1. The number of carbonyl (C=O) groups excluding carboxylic acids is 2. The molecule has 0 aliphatic carbocycles. The van der Waals surface area contributed by atoms with Crippen LogP contribution in [-0.4, -0.2) is 42.9 Å². The van der Waals surface area contributed by atoms with Crippen LogP contribution in [0.1, 0.15) is 37.6 Å². The molecule has 0 bridgehead atoms. The summed E-state index contributed by atoms with van der Waals surface area (Å²) in [6.07, 6.45) is -7.86. The quantitative estimate of drug-likeness (QED) is 0.374. The van der Waals surface area contributed by atoms with Crippen molar-refractivity contribution in [2.24, 2.45) is 5.41 Å². The normalized spacial score (nSPS) is 13.6. The van der Waals surface area contributed by atoms with Crippen LogP contribution in [0.5, 0.6) is 5.75 Å². The lowest BCUT2D eigenvalue weighted by atomic mass is 9.90. The Morgan fingerprint density at radius 1 is 1.13 bits per heavy atom. The molecule has 31 heavy (non-hydrogen) atoms. The standard InChI is InChI=1S/C20H21F3O7S/c1-4-19(2,3)18(25)29-15-10-13(9-12-7-5-6-8-14(12)15)17(24)30-16(20(21,22)23)11-31(26,27)28/h5-10,16H,4,11H2,1-3H3,(H,26,27,28). The van der Waals surface area contributed by atoms with E-state index in [1.807, 2.05) is 0 Å². The van der Waals surface area contributed by atoms with Crippen LogP contribution < -0.4 is 4.74 Å². The SMILES string of the molecule is CCC(C)(C)C(=O)Oc1cc(C(=O)OC(CS(=O)(=O)O)C(F)(F)F)cc2ccccc12. The fourth-order valence-corrected chi connectivity index (χ4v) is 3.08. The van der Waals surface area contributed by atoms with Crippen molar-refractivity contribution < 1.29 is 45.2 Å². The van der Waals surface area contributed by atoms with Gasteiger partial charge in [-0.15, -0.1) is 0 Å². The van der Waals surface area contributed by atoms with Crippen molar-refractivity contribution in [2.45, 2.75) is 39.5 Å². The molecule has 0 aliphatic rings. The number of hydrogen-bond acceptors (Lipinski definition) is 6. The van der Waals surface area contributed by atoms with E-state index >= 15 is 0 Å². The van der Waals surface area contributed by atoms with Gasteiger partial charge in [0.25, 0.3) is 10.1 Å². The van der Waals surface area contributed by atoms with E-state index in [-0.39, 0.29) is 11.3 Å². The van der Waals surface area contributed by atoms with Gasteiger partial charge in [-0.05, 0) is 37.8 Å². The summed E-state index contributed by atoms with van der Waals surface area (Å²) in [5, 5.41) is 0.817. The van der Waals surface area contributed by atoms with Gasteiger partial charge in [-0.3, -0.25) is 9.35 Å². The molecule has 0 spiro atoms. The largest absolute Gasteiger partial charge is 0.448 e. The molecule has 1 unspecified atom stereocenters. The average Bonchev–Trinajstić information content (AvgIpc) is 2.65. The van der Waals surface area contributed by atoms with E-state index in [1.165, 1.54) is 6.07 Å². The highest BCUT2D eigenvalue weighted by Gasteiger charge is 2.45. The van der Waals surface area contributed by atoms with E-state index in [2.05, 4.69) is 4.74 Å². The van der Waals surface area contributed by atoms with Crippen LogP contribution >= 0.6 is 0 Å². The van der Waals surface area contributed by atoms with Crippen LogP contribution in [0.2, 0.25) is 0 Å². The summed E-state index contributed by atoms with van der Waals surface area (Å²) >= 11 is 0. The van der Waals surface area contributed by atoms with Crippen LogP contribution in [0.15, 0.2) is 36.4 Å². The van der Waals surface area contributed by atoms with Gasteiger partial charge in [0.2, 0.25) is 6.10 Å². The molecular formula is C20H21F3O7S. The molecule has 170 valence electrons. The molecule has 0 aromatic heterocycles. The smallest absolute Gasteiger partial charge is 0.426 e. The molecular weight excluding hydrogens is 441 g/mol. The molecule has 0 heterocycles. The second-order valence-corrected chi connectivity index (χ2v) is 9.00. The molecule has 7 nitrogen and oxygen atoms in total. The average molecular weight is 462 g/mol. The first-order valence-corrected chi connectivity index (χ1v) is 10.7. The predicted molar refractivity (Wildman–Crippen MR) is 105 cm³/mol. The number of ether oxygens (including phenoxy) is 2. The first kappa shape index (κ1) is 24.6. The van der Waals surface area contributed by atoms with Gasteiger partial charge < -0.3 is 9.47 Å². The number of alkyl halides is 3. The molecule has 2 aromatic rings. The van der Waals surface area contributed by atoms with E-state index in [1.54, 1.807) is 45.0 Å². The third-order valence-electron chi connectivity index (χ3n) is 4.68. The lowest BCUT2D eigenvalue weighted by Crippen LogP contribution is -2.39. The van der Waals surface area contributed by atoms with Crippen molar-refractivity contribution in [1.82, 2.24) is 0 Å². The Labute approximate surface area is 176 Å². The van der Waals surface area contributed by atoms with Gasteiger partial charge in [-0.1, -0.05) is 31.2 Å². The maximum absolute atomic E-state index is 13.1. The fourth-order valence-electron chi connectivity index (χ4n) is 2.44. The van der Waals surface area contributed by atoms with Crippen LogP contribution in [0.4, 0.5) is 13.2 Å². The van der Waals surface area contributed by atoms with Crippen molar-refractivity contribution in [1.29, 1.82) is 0 Å². The molecule has 0 amide bonds. The second kappa shape index (κ2) is 8.83. The minimum atomic E-state index is -5.23. The van der Waals surface area contributed by atoms with Crippen molar-refractivity contribution in [3.05, 3.63) is 42.0 Å². The summed E-state index contributed by atoms with van der Waals surface area (Å²) in [4.78, 5) is 24.9. The fraction of sp³-hybridized carbons (Fsp3) is 0.400. The summed E-state index contributed by atoms with van der Waals surface area (Å²) in [6.45, 7) is 5.08. The number of rotatable bonds is 7. The molecule has 2 rings (SSSR count). The summed E-state index contributed by atoms with van der Waals surface area (Å²) < 4.78 is 79.5. The van der Waals surface area contributed by atoms with Gasteiger partial charge in [-0.2, -0.15) is 21.6 Å². The summed E-state index contributed by atoms with van der Waals surface area (Å²) in [5.41, 5.74) is -1.24. The Hall–Kier alpha value is -2.66. The van der Waals surface area contributed by atoms with E-state index < -0.39 is 45.5 Å². The van der Waals surface area contributed by atoms with Crippen LogP contribution in [0, 0.1) is 5.41 Å². The van der Waals surface area contributed by atoms with Crippen LogP contribution in [0.3, 0.4) is 0 Å². The molecule has 0 saturated carbocycles. The Morgan fingerprint density at radius 2 is 1.74 bits per heavy atom. The highest BCUT2D eigenvalue weighted by atomic mass is 32.2. The molecule has 1 N–H and O–H groups in total. The Bertz CT molecular complexity index is 1090. The van der Waals surface area contributed by atoms with Gasteiger partial charge in [0, 0.05) is 5.39 Å². The Balaban J connectivity index is 2.45. The number of carbonyl (C=O) groups is 2. The third kappa shape index (κ3) is 6.41. The van der Waals surface area contributed by atoms with Crippen LogP contribution in [0.25, 0.3) is 10.8 Å². The Morgan fingerprint density at radius 3 is 2.29 bits per heavy atom. The number of esters is 2. The summed E-state index contributed by atoms with van der Waals surface area (Å²) in [5.74, 6) is -4.01. The third-order valence-corrected chi connectivity index (χ3v) is 5.40.